The van der Waals surface area contributed by atoms with E-state index >= 15 is 0 Å². The average Bonchev–Trinajstić information content (AvgIpc) is 3.26. The summed E-state index contributed by atoms with van der Waals surface area (Å²) < 4.78 is 4.92. The van der Waals surface area contributed by atoms with Crippen molar-refractivity contribution in [3.8, 4) is 0 Å². The number of carbonyl (C=O) groups is 1. The van der Waals surface area contributed by atoms with Gasteiger partial charge in [0, 0.05) is 18.0 Å². The molecule has 0 radical (unpaired) electrons. The van der Waals surface area contributed by atoms with Crippen LogP contribution in [0.15, 0.2) is 23.1 Å². The van der Waals surface area contributed by atoms with Crippen LogP contribution in [0.4, 0.5) is 5.69 Å². The Morgan fingerprint density at radius 1 is 1.25 bits per heavy atom. The first kappa shape index (κ1) is 13.8. The predicted molar refractivity (Wildman–Crippen MR) is 82.7 cm³/mol. The number of hydrogen-bond acceptors (Lipinski definition) is 4. The van der Waals surface area contributed by atoms with Crippen molar-refractivity contribution < 1.29 is 9.53 Å². The maximum atomic E-state index is 12.0. The van der Waals surface area contributed by atoms with Crippen molar-refractivity contribution >= 4 is 23.4 Å². The number of methoxy groups -OCH3 is 1. The van der Waals surface area contributed by atoms with Gasteiger partial charge in [-0.25, -0.2) is 4.79 Å². The summed E-state index contributed by atoms with van der Waals surface area (Å²) in [6.45, 7) is 2.11. The Labute approximate surface area is 124 Å². The molecule has 0 amide bonds. The normalized spacial score (nSPS) is 20.0. The molecule has 0 aromatic heterocycles. The predicted octanol–water partition coefficient (Wildman–Crippen LogP) is 3.58. The zero-order valence-electron chi connectivity index (χ0n) is 12.1. The second-order valence-corrected chi connectivity index (χ2v) is 6.74. The molecule has 0 unspecified atom stereocenters. The molecule has 1 aromatic carbocycles. The fourth-order valence-electron chi connectivity index (χ4n) is 3.08. The zero-order valence-corrected chi connectivity index (χ0v) is 13.0. The number of ether oxygens (including phenoxy) is 1. The Balaban J connectivity index is 1.87. The maximum absolute atomic E-state index is 12.0. The van der Waals surface area contributed by atoms with Crippen LogP contribution >= 0.6 is 11.8 Å². The minimum Gasteiger partial charge on any atom is -0.465 e. The van der Waals surface area contributed by atoms with Crippen LogP contribution < -0.4 is 4.90 Å². The summed E-state index contributed by atoms with van der Waals surface area (Å²) in [6, 6.07) is 6.02. The fourth-order valence-corrected chi connectivity index (χ4v) is 3.51. The molecule has 1 saturated heterocycles. The number of benzene rings is 1. The highest BCUT2D eigenvalue weighted by Crippen LogP contribution is 2.54. The summed E-state index contributed by atoms with van der Waals surface area (Å²) in [5.41, 5.74) is 2.38. The second-order valence-electron chi connectivity index (χ2n) is 5.86. The van der Waals surface area contributed by atoms with Crippen molar-refractivity contribution in [2.45, 2.75) is 30.6 Å². The third-order valence-electron chi connectivity index (χ3n) is 4.73. The van der Waals surface area contributed by atoms with Crippen LogP contribution in [0.1, 0.15) is 36.0 Å². The van der Waals surface area contributed by atoms with Gasteiger partial charge in [0.2, 0.25) is 0 Å². The minimum absolute atomic E-state index is 0.237. The largest absolute Gasteiger partial charge is 0.465 e. The third kappa shape index (κ3) is 2.53. The van der Waals surface area contributed by atoms with Crippen molar-refractivity contribution in [3.63, 3.8) is 0 Å². The molecular formula is C16H21NO2S. The summed E-state index contributed by atoms with van der Waals surface area (Å²) in [7, 11) is 1.45. The summed E-state index contributed by atoms with van der Waals surface area (Å²) >= 11 is 1.71. The highest BCUT2D eigenvalue weighted by molar-refractivity contribution is 7.98. The number of thioether (sulfide) groups is 1. The molecule has 0 bridgehead atoms. The van der Waals surface area contributed by atoms with E-state index in [1.54, 1.807) is 11.8 Å². The SMILES string of the molecule is COC(=O)c1ccc(SC)cc1N1CCC2(CC1)CC2. The van der Waals surface area contributed by atoms with E-state index < -0.39 is 0 Å². The number of piperidine rings is 1. The topological polar surface area (TPSA) is 29.5 Å². The average molecular weight is 291 g/mol. The van der Waals surface area contributed by atoms with Gasteiger partial charge in [-0.15, -0.1) is 11.8 Å². The van der Waals surface area contributed by atoms with Crippen molar-refractivity contribution in [2.75, 3.05) is 31.4 Å². The Morgan fingerprint density at radius 2 is 1.95 bits per heavy atom. The number of anilines is 1. The summed E-state index contributed by atoms with van der Waals surface area (Å²) in [5, 5.41) is 0. The van der Waals surface area contributed by atoms with E-state index in [1.165, 1.54) is 37.7 Å². The molecular weight excluding hydrogens is 270 g/mol. The van der Waals surface area contributed by atoms with Crippen molar-refractivity contribution in [2.24, 2.45) is 5.41 Å². The molecule has 4 heteroatoms. The Morgan fingerprint density at radius 3 is 2.50 bits per heavy atom. The number of rotatable bonds is 3. The smallest absolute Gasteiger partial charge is 0.339 e. The van der Waals surface area contributed by atoms with Gasteiger partial charge in [0.05, 0.1) is 18.4 Å². The van der Waals surface area contributed by atoms with Crippen LogP contribution in [0.5, 0.6) is 0 Å². The molecule has 2 aliphatic rings. The molecule has 1 heterocycles. The van der Waals surface area contributed by atoms with Gasteiger partial charge in [-0.3, -0.25) is 0 Å². The third-order valence-corrected chi connectivity index (χ3v) is 5.46. The molecule has 3 rings (SSSR count). The standard InChI is InChI=1S/C16H21NO2S/c1-19-15(18)13-4-3-12(20-2)11-14(13)17-9-7-16(5-6-16)8-10-17/h3-4,11H,5-10H2,1-2H3. The Kier molecular flexibility index (Phi) is 3.67. The summed E-state index contributed by atoms with van der Waals surface area (Å²) in [5.74, 6) is -0.237. The summed E-state index contributed by atoms with van der Waals surface area (Å²) in [6.07, 6.45) is 7.38. The van der Waals surface area contributed by atoms with Gasteiger partial charge in [0.1, 0.15) is 0 Å². The van der Waals surface area contributed by atoms with E-state index in [-0.39, 0.29) is 5.97 Å². The van der Waals surface area contributed by atoms with E-state index in [9.17, 15) is 4.79 Å². The van der Waals surface area contributed by atoms with Crippen LogP contribution in [0, 0.1) is 5.41 Å². The molecule has 1 aliphatic heterocycles. The van der Waals surface area contributed by atoms with E-state index in [0.29, 0.717) is 11.0 Å². The van der Waals surface area contributed by atoms with Crippen LogP contribution in [0.2, 0.25) is 0 Å². The number of carbonyl (C=O) groups excluding carboxylic acids is 1. The maximum Gasteiger partial charge on any atom is 0.339 e. The first-order chi connectivity index (χ1) is 9.67. The molecule has 0 N–H and O–H groups in total. The van der Waals surface area contributed by atoms with E-state index in [4.69, 9.17) is 4.74 Å². The lowest BCUT2D eigenvalue weighted by Crippen LogP contribution is -2.35. The van der Waals surface area contributed by atoms with Crippen LogP contribution in [0.3, 0.4) is 0 Å². The first-order valence-electron chi connectivity index (χ1n) is 7.19. The monoisotopic (exact) mass is 291 g/mol. The van der Waals surface area contributed by atoms with E-state index in [2.05, 4.69) is 17.2 Å². The van der Waals surface area contributed by atoms with Crippen LogP contribution in [-0.4, -0.2) is 32.4 Å². The molecule has 1 aliphatic carbocycles. The quantitative estimate of drug-likeness (QED) is 0.629. The van der Waals surface area contributed by atoms with Gasteiger partial charge in [-0.2, -0.15) is 0 Å². The lowest BCUT2D eigenvalue weighted by molar-refractivity contribution is 0.0601. The molecule has 0 atom stereocenters. The molecule has 3 nitrogen and oxygen atoms in total. The van der Waals surface area contributed by atoms with Gasteiger partial charge in [0.25, 0.3) is 0 Å². The molecule has 20 heavy (non-hydrogen) atoms. The summed E-state index contributed by atoms with van der Waals surface area (Å²) in [4.78, 5) is 15.5. The van der Waals surface area contributed by atoms with Crippen molar-refractivity contribution in [3.05, 3.63) is 23.8 Å². The van der Waals surface area contributed by atoms with Crippen LogP contribution in [-0.2, 0) is 4.74 Å². The van der Waals surface area contributed by atoms with E-state index in [0.717, 1.165) is 18.8 Å². The fraction of sp³-hybridized carbons (Fsp3) is 0.562. The Hall–Kier alpha value is -1.16. The highest BCUT2D eigenvalue weighted by atomic mass is 32.2. The second kappa shape index (κ2) is 5.32. The molecule has 1 saturated carbocycles. The Bertz CT molecular complexity index is 515. The number of nitrogens with zero attached hydrogens (tertiary/aromatic N) is 1. The lowest BCUT2D eigenvalue weighted by atomic mass is 9.93. The number of esters is 1. The van der Waals surface area contributed by atoms with Crippen molar-refractivity contribution in [1.29, 1.82) is 0 Å². The lowest BCUT2D eigenvalue weighted by Gasteiger charge is -2.34. The van der Waals surface area contributed by atoms with Gasteiger partial charge < -0.3 is 9.64 Å². The molecule has 1 spiro atoms. The van der Waals surface area contributed by atoms with Gasteiger partial charge >= 0.3 is 5.97 Å². The van der Waals surface area contributed by atoms with Crippen molar-refractivity contribution in [1.82, 2.24) is 0 Å². The zero-order chi connectivity index (χ0) is 14.2. The minimum atomic E-state index is -0.237. The van der Waals surface area contributed by atoms with E-state index in [1.807, 2.05) is 12.1 Å². The first-order valence-corrected chi connectivity index (χ1v) is 8.41. The van der Waals surface area contributed by atoms with Crippen LogP contribution in [0.25, 0.3) is 0 Å². The molecule has 2 fully saturated rings. The van der Waals surface area contributed by atoms with Gasteiger partial charge in [-0.1, -0.05) is 0 Å². The van der Waals surface area contributed by atoms with Gasteiger partial charge in [0.15, 0.2) is 0 Å². The highest BCUT2D eigenvalue weighted by Gasteiger charge is 2.44. The molecule has 108 valence electrons. The van der Waals surface area contributed by atoms with Gasteiger partial charge in [-0.05, 0) is 55.6 Å². The molecule has 1 aromatic rings. The number of hydrogen-bond donors (Lipinski definition) is 0.